The molecule has 0 radical (unpaired) electrons. The Balaban J connectivity index is 1.83. The molecule has 0 aromatic carbocycles. The van der Waals surface area contributed by atoms with Crippen molar-refractivity contribution in [1.29, 1.82) is 0 Å². The molecule has 2 nitrogen and oxygen atoms in total. The predicted octanol–water partition coefficient (Wildman–Crippen LogP) is 4.25. The first-order valence-corrected chi connectivity index (χ1v) is 7.17. The smallest absolute Gasteiger partial charge is 0.125 e. The summed E-state index contributed by atoms with van der Waals surface area (Å²) in [6, 6.07) is 4.05. The van der Waals surface area contributed by atoms with Gasteiger partial charge in [0.15, 0.2) is 0 Å². The minimum absolute atomic E-state index is 0.699. The zero-order valence-electron chi connectivity index (χ0n) is 9.80. The Bertz CT molecular complexity index is 472. The molecule has 0 N–H and O–H groups in total. The summed E-state index contributed by atoms with van der Waals surface area (Å²) >= 11 is 1.75. The Hall–Kier alpha value is -1.22. The van der Waals surface area contributed by atoms with Crippen molar-refractivity contribution in [3.63, 3.8) is 0 Å². The van der Waals surface area contributed by atoms with E-state index in [1.54, 1.807) is 17.5 Å². The zero-order valence-corrected chi connectivity index (χ0v) is 10.6. The van der Waals surface area contributed by atoms with E-state index in [1.807, 2.05) is 12.3 Å². The van der Waals surface area contributed by atoms with Crippen LogP contribution in [-0.4, -0.2) is 9.97 Å². The highest BCUT2D eigenvalue weighted by atomic mass is 32.1. The minimum atomic E-state index is 0.699. The molecule has 0 unspecified atom stereocenters. The highest BCUT2D eigenvalue weighted by Gasteiger charge is 2.18. The van der Waals surface area contributed by atoms with Crippen LogP contribution in [0.4, 0.5) is 0 Å². The second-order valence-electron chi connectivity index (χ2n) is 4.65. The van der Waals surface area contributed by atoms with Crippen LogP contribution < -0.4 is 0 Å². The van der Waals surface area contributed by atoms with Crippen molar-refractivity contribution < 1.29 is 0 Å². The summed E-state index contributed by atoms with van der Waals surface area (Å²) in [6.45, 7) is 0. The molecular weight excluding hydrogens is 228 g/mol. The number of nitrogens with zero attached hydrogens (tertiary/aromatic N) is 2. The van der Waals surface area contributed by atoms with Gasteiger partial charge in [0.25, 0.3) is 0 Å². The first-order valence-electron chi connectivity index (χ1n) is 6.29. The van der Waals surface area contributed by atoms with Crippen LogP contribution in [0.1, 0.15) is 43.7 Å². The van der Waals surface area contributed by atoms with Crippen LogP contribution in [0.2, 0.25) is 0 Å². The van der Waals surface area contributed by atoms with E-state index >= 15 is 0 Å². The van der Waals surface area contributed by atoms with Crippen LogP contribution >= 0.6 is 11.3 Å². The van der Waals surface area contributed by atoms with Gasteiger partial charge in [-0.25, -0.2) is 4.98 Å². The van der Waals surface area contributed by atoms with Gasteiger partial charge in [0.1, 0.15) is 5.01 Å². The summed E-state index contributed by atoms with van der Waals surface area (Å²) in [6.07, 6.45) is 10.5. The van der Waals surface area contributed by atoms with Gasteiger partial charge < -0.3 is 0 Å². The molecule has 1 aliphatic rings. The summed E-state index contributed by atoms with van der Waals surface area (Å²) in [7, 11) is 0. The maximum absolute atomic E-state index is 4.78. The highest BCUT2D eigenvalue weighted by molar-refractivity contribution is 7.13. The fourth-order valence-electron chi connectivity index (χ4n) is 2.49. The van der Waals surface area contributed by atoms with Crippen LogP contribution in [0.3, 0.4) is 0 Å². The lowest BCUT2D eigenvalue weighted by atomic mass is 9.87. The predicted molar refractivity (Wildman–Crippen MR) is 71.2 cm³/mol. The molecule has 1 fully saturated rings. The fraction of sp³-hybridized carbons (Fsp3) is 0.429. The third-order valence-electron chi connectivity index (χ3n) is 3.45. The number of pyridine rings is 1. The van der Waals surface area contributed by atoms with Crippen LogP contribution in [0.25, 0.3) is 10.6 Å². The molecule has 0 bridgehead atoms. The normalized spacial score (nSPS) is 17.2. The Morgan fingerprint density at radius 2 is 2.06 bits per heavy atom. The molecule has 1 saturated carbocycles. The van der Waals surface area contributed by atoms with Crippen molar-refractivity contribution in [2.45, 2.75) is 38.0 Å². The largest absolute Gasteiger partial charge is 0.264 e. The van der Waals surface area contributed by atoms with Crippen molar-refractivity contribution in [3.05, 3.63) is 35.6 Å². The van der Waals surface area contributed by atoms with Crippen molar-refractivity contribution in [3.8, 4) is 10.6 Å². The van der Waals surface area contributed by atoms with Gasteiger partial charge in [0.2, 0.25) is 0 Å². The third kappa shape index (κ3) is 2.39. The Labute approximate surface area is 106 Å². The quantitative estimate of drug-likeness (QED) is 0.789. The number of rotatable bonds is 2. The van der Waals surface area contributed by atoms with Gasteiger partial charge >= 0.3 is 0 Å². The first-order chi connectivity index (χ1) is 8.43. The lowest BCUT2D eigenvalue weighted by molar-refractivity contribution is 0.438. The maximum atomic E-state index is 4.78. The monoisotopic (exact) mass is 244 g/mol. The highest BCUT2D eigenvalue weighted by Crippen LogP contribution is 2.34. The molecule has 88 valence electrons. The third-order valence-corrected chi connectivity index (χ3v) is 4.36. The molecule has 17 heavy (non-hydrogen) atoms. The van der Waals surface area contributed by atoms with E-state index in [2.05, 4.69) is 16.4 Å². The second-order valence-corrected chi connectivity index (χ2v) is 5.51. The molecule has 0 amide bonds. The van der Waals surface area contributed by atoms with Crippen molar-refractivity contribution in [2.75, 3.05) is 0 Å². The van der Waals surface area contributed by atoms with Crippen molar-refractivity contribution >= 4 is 11.3 Å². The van der Waals surface area contributed by atoms with E-state index in [1.165, 1.54) is 37.8 Å². The summed E-state index contributed by atoms with van der Waals surface area (Å²) < 4.78 is 0. The van der Waals surface area contributed by atoms with E-state index in [4.69, 9.17) is 4.98 Å². The molecule has 2 aromatic heterocycles. The van der Waals surface area contributed by atoms with Crippen LogP contribution in [0.15, 0.2) is 29.9 Å². The van der Waals surface area contributed by atoms with Gasteiger partial charge in [0, 0.05) is 29.3 Å². The Morgan fingerprint density at radius 1 is 1.18 bits per heavy atom. The van der Waals surface area contributed by atoms with Crippen LogP contribution in [0.5, 0.6) is 0 Å². The molecule has 3 heteroatoms. The first kappa shape index (κ1) is 10.9. The van der Waals surface area contributed by atoms with Gasteiger partial charge in [-0.3, -0.25) is 4.98 Å². The van der Waals surface area contributed by atoms with Gasteiger partial charge in [-0.15, -0.1) is 11.3 Å². The maximum Gasteiger partial charge on any atom is 0.125 e. The average molecular weight is 244 g/mol. The molecule has 3 rings (SSSR count). The number of hydrogen-bond acceptors (Lipinski definition) is 3. The van der Waals surface area contributed by atoms with Gasteiger partial charge in [0.05, 0.1) is 5.69 Å². The van der Waals surface area contributed by atoms with E-state index in [0.717, 1.165) is 10.6 Å². The summed E-state index contributed by atoms with van der Waals surface area (Å²) in [5, 5.41) is 3.34. The molecular formula is C14H16N2S. The standard InChI is InChI=1S/C14H16N2S/c1-2-5-11(6-3-1)13-10-17-14(16-13)12-7-4-8-15-9-12/h4,7-11H,1-3,5-6H2. The number of thiazole rings is 1. The van der Waals surface area contributed by atoms with Crippen LogP contribution in [0, 0.1) is 0 Å². The molecule has 1 aliphatic carbocycles. The van der Waals surface area contributed by atoms with Crippen molar-refractivity contribution in [1.82, 2.24) is 9.97 Å². The van der Waals surface area contributed by atoms with Crippen molar-refractivity contribution in [2.24, 2.45) is 0 Å². The summed E-state index contributed by atoms with van der Waals surface area (Å²) in [5.74, 6) is 0.699. The lowest BCUT2D eigenvalue weighted by Crippen LogP contribution is -2.04. The molecule has 2 heterocycles. The fourth-order valence-corrected chi connectivity index (χ4v) is 3.39. The molecule has 0 spiro atoms. The van der Waals surface area contributed by atoms with Gasteiger partial charge in [-0.05, 0) is 25.0 Å². The molecule has 0 atom stereocenters. The Kier molecular flexibility index (Phi) is 3.18. The average Bonchev–Trinajstić information content (AvgIpc) is 2.90. The summed E-state index contributed by atoms with van der Waals surface area (Å²) in [5.41, 5.74) is 2.44. The van der Waals surface area contributed by atoms with Gasteiger partial charge in [-0.2, -0.15) is 0 Å². The number of aromatic nitrogens is 2. The minimum Gasteiger partial charge on any atom is -0.264 e. The van der Waals surface area contributed by atoms with Gasteiger partial charge in [-0.1, -0.05) is 19.3 Å². The number of hydrogen-bond donors (Lipinski definition) is 0. The van der Waals surface area contributed by atoms with E-state index in [9.17, 15) is 0 Å². The van der Waals surface area contributed by atoms with E-state index < -0.39 is 0 Å². The van der Waals surface area contributed by atoms with E-state index in [-0.39, 0.29) is 0 Å². The molecule has 0 saturated heterocycles. The summed E-state index contributed by atoms with van der Waals surface area (Å²) in [4.78, 5) is 8.93. The van der Waals surface area contributed by atoms with E-state index in [0.29, 0.717) is 5.92 Å². The SMILES string of the molecule is c1cncc(-c2nc(C3CCCCC3)cs2)c1. The topological polar surface area (TPSA) is 25.8 Å². The zero-order chi connectivity index (χ0) is 11.5. The molecule has 0 aliphatic heterocycles. The molecule has 2 aromatic rings. The lowest BCUT2D eigenvalue weighted by Gasteiger charge is -2.19. The van der Waals surface area contributed by atoms with Crippen LogP contribution in [-0.2, 0) is 0 Å². The second kappa shape index (κ2) is 4.96. The Morgan fingerprint density at radius 3 is 2.82 bits per heavy atom.